The highest BCUT2D eigenvalue weighted by Crippen LogP contribution is 2.15. The van der Waals surface area contributed by atoms with Crippen molar-refractivity contribution in [1.82, 2.24) is 0 Å². The molecular formula is C18H46. The molecule has 18 heavy (non-hydrogen) atoms. The van der Waals surface area contributed by atoms with Crippen LogP contribution >= 0.6 is 0 Å². The van der Waals surface area contributed by atoms with Crippen molar-refractivity contribution < 1.29 is 0 Å². The Morgan fingerprint density at radius 2 is 0.500 bits per heavy atom. The second-order valence-corrected chi connectivity index (χ2v) is 3.41. The van der Waals surface area contributed by atoms with Crippen LogP contribution in [0.2, 0.25) is 0 Å². The maximum Gasteiger partial charge on any atom is -0.0533 e. The smallest absolute Gasteiger partial charge is 0.0533 e. The molecule has 0 atom stereocenters. The molecule has 0 radical (unpaired) electrons. The van der Waals surface area contributed by atoms with Crippen molar-refractivity contribution in [3.8, 4) is 0 Å². The minimum absolute atomic E-state index is 1.32. The fourth-order valence-corrected chi connectivity index (χ4v) is 0.250. The van der Waals surface area contributed by atoms with Gasteiger partial charge in [0.15, 0.2) is 0 Å². The van der Waals surface area contributed by atoms with Gasteiger partial charge in [0, 0.05) is 0 Å². The third-order valence-corrected chi connectivity index (χ3v) is 2.00. The Labute approximate surface area is 121 Å². The minimum atomic E-state index is 1.32. The third kappa shape index (κ3) is 100. The van der Waals surface area contributed by atoms with Crippen LogP contribution in [0.1, 0.15) is 121 Å². The normalized spacial score (nSPS) is 9.67. The Kier molecular flexibility index (Phi) is 116. The van der Waals surface area contributed by atoms with Gasteiger partial charge in [0.05, 0.1) is 0 Å². The number of unbranched alkanes of at least 4 members (excludes halogenated alkanes) is 2. The van der Waals surface area contributed by atoms with Crippen molar-refractivity contribution in [2.24, 2.45) is 0 Å². The van der Waals surface area contributed by atoms with Crippen molar-refractivity contribution in [3.63, 3.8) is 0 Å². The second-order valence-electron chi connectivity index (χ2n) is 3.41. The van der Waals surface area contributed by atoms with Gasteiger partial charge >= 0.3 is 0 Å². The van der Waals surface area contributed by atoms with Crippen LogP contribution in [-0.4, -0.2) is 0 Å². The van der Waals surface area contributed by atoms with Gasteiger partial charge in [0.2, 0.25) is 0 Å². The summed E-state index contributed by atoms with van der Waals surface area (Å²) in [5.41, 5.74) is 0. The number of rotatable bonds is 2. The van der Waals surface area contributed by atoms with Crippen LogP contribution in [0.3, 0.4) is 0 Å². The van der Waals surface area contributed by atoms with E-state index in [-0.39, 0.29) is 0 Å². The average Bonchev–Trinajstić information content (AvgIpc) is 2.43. The fraction of sp³-hybridized carbons (Fsp3) is 1.00. The zero-order chi connectivity index (χ0) is 15.7. The first-order valence-electron chi connectivity index (χ1n) is 8.83. The molecule has 1 rings (SSSR count). The maximum absolute atomic E-state index is 2.18. The Morgan fingerprint density at radius 3 is 0.500 bits per heavy atom. The molecule has 0 saturated heterocycles. The summed E-state index contributed by atoms with van der Waals surface area (Å²) in [6.45, 7) is 20.7. The van der Waals surface area contributed by atoms with Gasteiger partial charge in [-0.05, 0) is 0 Å². The van der Waals surface area contributed by atoms with Gasteiger partial charge in [-0.1, -0.05) is 121 Å². The van der Waals surface area contributed by atoms with E-state index in [4.69, 9.17) is 0 Å². The van der Waals surface area contributed by atoms with Gasteiger partial charge in [-0.25, -0.2) is 0 Å². The molecule has 0 N–H and O–H groups in total. The van der Waals surface area contributed by atoms with E-state index >= 15 is 0 Å². The first-order chi connectivity index (χ1) is 8.83. The van der Waals surface area contributed by atoms with Crippen LogP contribution in [0.4, 0.5) is 0 Å². The van der Waals surface area contributed by atoms with E-state index in [0.717, 1.165) is 0 Å². The molecule has 1 aliphatic rings. The van der Waals surface area contributed by atoms with Gasteiger partial charge in [0.25, 0.3) is 0 Å². The van der Waals surface area contributed by atoms with Crippen molar-refractivity contribution in [3.05, 3.63) is 0 Å². The van der Waals surface area contributed by atoms with E-state index in [0.29, 0.717) is 0 Å². The molecule has 1 fully saturated rings. The van der Waals surface area contributed by atoms with Crippen LogP contribution in [0.25, 0.3) is 0 Å². The highest BCUT2D eigenvalue weighted by Gasteiger charge is 1.95. The summed E-state index contributed by atoms with van der Waals surface area (Å²) in [5.74, 6) is 0. The molecule has 0 heteroatoms. The van der Waals surface area contributed by atoms with Crippen LogP contribution in [-0.2, 0) is 0 Å². The standard InChI is InChI=1S/C4H8.2C4H10.3C2H6/c1-2-4-3-1;2*1-3-4-2;3*1-2/h1-4H2;2*3-4H2,1-2H3;3*1-2H3. The second kappa shape index (κ2) is 68.0. The number of hydrogen-bond acceptors (Lipinski definition) is 0. The average molecular weight is 263 g/mol. The zero-order valence-electron chi connectivity index (χ0n) is 15.7. The summed E-state index contributed by atoms with van der Waals surface area (Å²) < 4.78 is 0. The zero-order valence-corrected chi connectivity index (χ0v) is 15.7. The van der Waals surface area contributed by atoms with E-state index in [1.165, 1.54) is 51.4 Å². The molecule has 0 bridgehead atoms. The lowest BCUT2D eigenvalue weighted by molar-refractivity contribution is 0.504. The molecule has 0 aliphatic heterocycles. The lowest BCUT2D eigenvalue weighted by Gasteiger charge is -2.05. The van der Waals surface area contributed by atoms with E-state index < -0.39 is 0 Å². The first-order valence-corrected chi connectivity index (χ1v) is 8.83. The fourth-order valence-electron chi connectivity index (χ4n) is 0.250. The van der Waals surface area contributed by atoms with E-state index in [1.54, 1.807) is 0 Å². The molecule has 0 amide bonds. The Morgan fingerprint density at radius 1 is 0.389 bits per heavy atom. The topological polar surface area (TPSA) is 0 Å². The molecule has 0 aromatic carbocycles. The molecule has 0 aromatic rings. The molecule has 1 saturated carbocycles. The molecule has 0 nitrogen and oxygen atoms in total. The molecule has 0 spiro atoms. The predicted octanol–water partition coefficient (Wildman–Crippen LogP) is 8.25. The van der Waals surface area contributed by atoms with Crippen molar-refractivity contribution in [1.29, 1.82) is 0 Å². The van der Waals surface area contributed by atoms with Crippen LogP contribution in [0, 0.1) is 0 Å². The highest BCUT2D eigenvalue weighted by molar-refractivity contribution is 4.50. The van der Waals surface area contributed by atoms with Gasteiger partial charge in [0.1, 0.15) is 0 Å². The molecule has 0 unspecified atom stereocenters. The van der Waals surface area contributed by atoms with Crippen LogP contribution < -0.4 is 0 Å². The summed E-state index contributed by atoms with van der Waals surface area (Å²) >= 11 is 0. The Hall–Kier alpha value is 0. The largest absolute Gasteiger partial charge is 0.0683 e. The van der Waals surface area contributed by atoms with E-state index in [9.17, 15) is 0 Å². The summed E-state index contributed by atoms with van der Waals surface area (Å²) in [6, 6.07) is 0. The number of hydrogen-bond donors (Lipinski definition) is 0. The molecule has 118 valence electrons. The highest BCUT2D eigenvalue weighted by atomic mass is 14.0. The maximum atomic E-state index is 2.18. The molecule has 0 heterocycles. The lowest BCUT2D eigenvalue weighted by atomic mass is 10.0. The summed E-state index contributed by atoms with van der Waals surface area (Å²) in [5, 5.41) is 0. The van der Waals surface area contributed by atoms with Crippen molar-refractivity contribution in [2.45, 2.75) is 121 Å². The predicted molar refractivity (Wildman–Crippen MR) is 93.7 cm³/mol. The molecule has 1 aliphatic carbocycles. The van der Waals surface area contributed by atoms with Crippen molar-refractivity contribution in [2.75, 3.05) is 0 Å². The summed E-state index contributed by atoms with van der Waals surface area (Å²) in [6.07, 6.45) is 11.3. The van der Waals surface area contributed by atoms with E-state index in [2.05, 4.69) is 27.7 Å². The van der Waals surface area contributed by atoms with Gasteiger partial charge in [-0.3, -0.25) is 0 Å². The lowest BCUT2D eigenvalue weighted by Crippen LogP contribution is -1.85. The molecule has 0 aromatic heterocycles. The SMILES string of the molecule is C1CCC1.CC.CC.CC.CCCC.CCCC. The van der Waals surface area contributed by atoms with Gasteiger partial charge in [-0.15, -0.1) is 0 Å². The first kappa shape index (κ1) is 30.8. The van der Waals surface area contributed by atoms with Crippen LogP contribution in [0.5, 0.6) is 0 Å². The van der Waals surface area contributed by atoms with Crippen molar-refractivity contribution >= 4 is 0 Å². The third-order valence-electron chi connectivity index (χ3n) is 2.00. The van der Waals surface area contributed by atoms with Gasteiger partial charge in [-0.2, -0.15) is 0 Å². The molecular weight excluding hydrogens is 216 g/mol. The summed E-state index contributed by atoms with van der Waals surface area (Å²) in [7, 11) is 0. The summed E-state index contributed by atoms with van der Waals surface area (Å²) in [4.78, 5) is 0. The van der Waals surface area contributed by atoms with E-state index in [1.807, 2.05) is 41.5 Å². The monoisotopic (exact) mass is 262 g/mol. The Balaban J connectivity index is -0.0000000391. The van der Waals surface area contributed by atoms with Crippen LogP contribution in [0.15, 0.2) is 0 Å². The minimum Gasteiger partial charge on any atom is -0.0683 e. The van der Waals surface area contributed by atoms with Gasteiger partial charge < -0.3 is 0 Å². The quantitative estimate of drug-likeness (QED) is 0.470. The Bertz CT molecular complexity index is 32.0.